The van der Waals surface area contributed by atoms with Crippen LogP contribution in [0.5, 0.6) is 0 Å². The summed E-state index contributed by atoms with van der Waals surface area (Å²) in [7, 11) is 0. The van der Waals surface area contributed by atoms with Gasteiger partial charge in [-0.2, -0.15) is 0 Å². The first-order valence-corrected chi connectivity index (χ1v) is 8.52. The number of ether oxygens (including phenoxy) is 1. The van der Waals surface area contributed by atoms with Gasteiger partial charge in [0.25, 0.3) is 0 Å². The number of hydrogen-bond donors (Lipinski definition) is 0. The van der Waals surface area contributed by atoms with Crippen LogP contribution in [0.1, 0.15) is 25.5 Å². The van der Waals surface area contributed by atoms with Gasteiger partial charge in [-0.05, 0) is 26.3 Å². The normalized spacial score (nSPS) is 10.7. The molecule has 2 aromatic heterocycles. The topological polar surface area (TPSA) is 70.2 Å². The molecule has 0 fully saturated rings. The van der Waals surface area contributed by atoms with E-state index in [1.807, 2.05) is 30.6 Å². The van der Waals surface area contributed by atoms with Crippen molar-refractivity contribution in [2.45, 2.75) is 38.4 Å². The lowest BCUT2D eigenvalue weighted by atomic mass is 10.2. The van der Waals surface area contributed by atoms with E-state index in [2.05, 4.69) is 16.8 Å². The van der Waals surface area contributed by atoms with Gasteiger partial charge in [-0.3, -0.25) is 9.36 Å². The van der Waals surface area contributed by atoms with Crippen molar-refractivity contribution in [2.24, 2.45) is 0 Å². The molecule has 0 aromatic carbocycles. The number of hydrogen-bond acceptors (Lipinski definition) is 6. The van der Waals surface area contributed by atoms with Gasteiger partial charge in [-0.25, -0.2) is 0 Å². The minimum absolute atomic E-state index is 0.157. The fourth-order valence-electron chi connectivity index (χ4n) is 2.12. The minimum atomic E-state index is -0.157. The predicted octanol–water partition coefficient (Wildman–Crippen LogP) is 3.47. The second-order valence-corrected chi connectivity index (χ2v) is 5.92. The molecule has 0 N–H and O–H groups in total. The van der Waals surface area contributed by atoms with E-state index in [0.717, 1.165) is 34.5 Å². The Morgan fingerprint density at radius 2 is 2.35 bits per heavy atom. The largest absolute Gasteiger partial charge is 0.469 e. The molecule has 0 aliphatic heterocycles. The zero-order chi connectivity index (χ0) is 16.7. The molecule has 0 bridgehead atoms. The highest BCUT2D eigenvalue weighted by Crippen LogP contribution is 2.27. The van der Waals surface area contributed by atoms with Crippen LogP contribution in [-0.2, 0) is 16.1 Å². The zero-order valence-corrected chi connectivity index (χ0v) is 14.3. The fraction of sp³-hybridized carbons (Fsp3) is 0.438. The summed E-state index contributed by atoms with van der Waals surface area (Å²) in [6.45, 7) is 8.54. The molecule has 2 rings (SSSR count). The number of esters is 1. The van der Waals surface area contributed by atoms with Crippen molar-refractivity contribution in [1.82, 2.24) is 14.8 Å². The van der Waals surface area contributed by atoms with Crippen LogP contribution in [0.25, 0.3) is 11.4 Å². The van der Waals surface area contributed by atoms with Gasteiger partial charge in [0, 0.05) is 18.7 Å². The van der Waals surface area contributed by atoms with E-state index in [4.69, 9.17) is 9.15 Å². The quantitative estimate of drug-likeness (QED) is 0.302. The molecule has 0 radical (unpaired) electrons. The minimum Gasteiger partial charge on any atom is -0.469 e. The Balaban J connectivity index is 2.02. The smallest absolute Gasteiger partial charge is 0.305 e. The van der Waals surface area contributed by atoms with Gasteiger partial charge >= 0.3 is 5.97 Å². The summed E-state index contributed by atoms with van der Waals surface area (Å²) in [5.41, 5.74) is 0.928. The predicted molar refractivity (Wildman–Crippen MR) is 89.2 cm³/mol. The maximum absolute atomic E-state index is 11.3. The first-order chi connectivity index (χ1) is 11.2. The molecule has 0 atom stereocenters. The van der Waals surface area contributed by atoms with Gasteiger partial charge in [-0.1, -0.05) is 17.8 Å². The Labute approximate surface area is 139 Å². The number of rotatable bonds is 9. The molecule has 0 unspecified atom stereocenters. The number of allylic oxidation sites excluding steroid dienone is 1. The molecular weight excluding hydrogens is 314 g/mol. The highest BCUT2D eigenvalue weighted by Gasteiger charge is 2.16. The van der Waals surface area contributed by atoms with E-state index >= 15 is 0 Å². The van der Waals surface area contributed by atoms with Gasteiger partial charge in [0.15, 0.2) is 11.0 Å². The van der Waals surface area contributed by atoms with Gasteiger partial charge in [0.2, 0.25) is 0 Å². The van der Waals surface area contributed by atoms with Crippen molar-refractivity contribution in [3.8, 4) is 11.4 Å². The van der Waals surface area contributed by atoms with Crippen molar-refractivity contribution in [3.05, 3.63) is 30.7 Å². The molecule has 0 saturated carbocycles. The lowest BCUT2D eigenvalue weighted by Gasteiger charge is -2.07. The maximum Gasteiger partial charge on any atom is 0.305 e. The third-order valence-corrected chi connectivity index (χ3v) is 4.24. The standard InChI is InChI=1S/C16H21N3O3S/c1-4-9-19-15(13-8-10-22-12(13)3)17-18-16(19)23-11-6-7-14(20)21-5-2/h4,8,10H,1,5-7,9,11H2,2-3H3. The summed E-state index contributed by atoms with van der Waals surface area (Å²) >= 11 is 1.57. The Kier molecular flexibility index (Phi) is 6.46. The third kappa shape index (κ3) is 4.48. The molecule has 0 spiro atoms. The Hall–Kier alpha value is -2.02. The summed E-state index contributed by atoms with van der Waals surface area (Å²) in [5.74, 6) is 2.19. The van der Waals surface area contributed by atoms with Gasteiger partial charge in [0.1, 0.15) is 5.76 Å². The molecule has 124 valence electrons. The molecular formula is C16H21N3O3S. The average Bonchev–Trinajstić information content (AvgIpc) is 3.11. The van der Waals surface area contributed by atoms with E-state index in [1.165, 1.54) is 0 Å². The first kappa shape index (κ1) is 17.3. The fourth-order valence-corrected chi connectivity index (χ4v) is 3.01. The van der Waals surface area contributed by atoms with Gasteiger partial charge < -0.3 is 9.15 Å². The van der Waals surface area contributed by atoms with Crippen molar-refractivity contribution in [1.29, 1.82) is 0 Å². The molecule has 2 heterocycles. The lowest BCUT2D eigenvalue weighted by molar-refractivity contribution is -0.143. The van der Waals surface area contributed by atoms with Crippen LogP contribution in [0.4, 0.5) is 0 Å². The third-order valence-electron chi connectivity index (χ3n) is 3.19. The van der Waals surface area contributed by atoms with Crippen LogP contribution in [0.15, 0.2) is 34.6 Å². The highest BCUT2D eigenvalue weighted by molar-refractivity contribution is 7.99. The Morgan fingerprint density at radius 1 is 1.52 bits per heavy atom. The van der Waals surface area contributed by atoms with E-state index in [1.54, 1.807) is 18.0 Å². The zero-order valence-electron chi connectivity index (χ0n) is 13.4. The van der Waals surface area contributed by atoms with Crippen LogP contribution < -0.4 is 0 Å². The first-order valence-electron chi connectivity index (χ1n) is 7.54. The molecule has 2 aromatic rings. The molecule has 6 nitrogen and oxygen atoms in total. The summed E-state index contributed by atoms with van der Waals surface area (Å²) in [6, 6.07) is 1.88. The van der Waals surface area contributed by atoms with Gasteiger partial charge in [0.05, 0.1) is 18.4 Å². The van der Waals surface area contributed by atoms with Gasteiger partial charge in [-0.15, -0.1) is 16.8 Å². The Morgan fingerprint density at radius 3 is 3.00 bits per heavy atom. The number of furan rings is 1. The van der Waals surface area contributed by atoms with Crippen LogP contribution in [0, 0.1) is 6.92 Å². The van der Waals surface area contributed by atoms with Crippen molar-refractivity contribution >= 4 is 17.7 Å². The summed E-state index contributed by atoms with van der Waals surface area (Å²) < 4.78 is 12.3. The number of carbonyl (C=O) groups excluding carboxylic acids is 1. The number of aromatic nitrogens is 3. The molecule has 0 aliphatic rings. The van der Waals surface area contributed by atoms with E-state index in [-0.39, 0.29) is 5.97 Å². The second kappa shape index (κ2) is 8.57. The molecule has 7 heteroatoms. The van der Waals surface area contributed by atoms with Crippen LogP contribution in [-0.4, -0.2) is 33.1 Å². The number of nitrogens with zero attached hydrogens (tertiary/aromatic N) is 3. The lowest BCUT2D eigenvalue weighted by Crippen LogP contribution is -2.04. The van der Waals surface area contributed by atoms with Crippen molar-refractivity contribution in [3.63, 3.8) is 0 Å². The maximum atomic E-state index is 11.3. The summed E-state index contributed by atoms with van der Waals surface area (Å²) in [6.07, 6.45) is 4.61. The highest BCUT2D eigenvalue weighted by atomic mass is 32.2. The van der Waals surface area contributed by atoms with E-state index < -0.39 is 0 Å². The molecule has 0 amide bonds. The SMILES string of the molecule is C=CCn1c(SCCCC(=O)OCC)nnc1-c1ccoc1C. The summed E-state index contributed by atoms with van der Waals surface area (Å²) in [5, 5.41) is 9.34. The van der Waals surface area contributed by atoms with E-state index in [0.29, 0.717) is 19.6 Å². The van der Waals surface area contributed by atoms with Crippen LogP contribution in [0.3, 0.4) is 0 Å². The van der Waals surface area contributed by atoms with E-state index in [9.17, 15) is 4.79 Å². The van der Waals surface area contributed by atoms with Crippen molar-refractivity contribution in [2.75, 3.05) is 12.4 Å². The summed E-state index contributed by atoms with van der Waals surface area (Å²) in [4.78, 5) is 11.3. The average molecular weight is 335 g/mol. The van der Waals surface area contributed by atoms with Crippen LogP contribution >= 0.6 is 11.8 Å². The van der Waals surface area contributed by atoms with Crippen LogP contribution in [0.2, 0.25) is 0 Å². The number of aryl methyl sites for hydroxylation is 1. The van der Waals surface area contributed by atoms with Crippen molar-refractivity contribution < 1.29 is 13.9 Å². The second-order valence-electron chi connectivity index (χ2n) is 4.85. The number of carbonyl (C=O) groups is 1. The molecule has 0 saturated heterocycles. The molecule has 23 heavy (non-hydrogen) atoms. The monoisotopic (exact) mass is 335 g/mol. The Bertz CT molecular complexity index is 663. The molecule has 0 aliphatic carbocycles. The number of thioether (sulfide) groups is 1.